The van der Waals surface area contributed by atoms with Crippen molar-refractivity contribution in [2.45, 2.75) is 6.92 Å². The lowest BCUT2D eigenvalue weighted by atomic mass is 10.2. The molecular formula is C11H9Cl2NO. The highest BCUT2D eigenvalue weighted by Crippen LogP contribution is 2.32. The fourth-order valence-electron chi connectivity index (χ4n) is 1.47. The highest BCUT2D eigenvalue weighted by atomic mass is 35.5. The molecule has 1 aromatic heterocycles. The topological polar surface area (TPSA) is 22.1 Å². The lowest BCUT2D eigenvalue weighted by Gasteiger charge is -2.06. The second-order valence-corrected chi connectivity index (χ2v) is 4.06. The summed E-state index contributed by atoms with van der Waals surface area (Å²) in [5, 5.41) is 2.03. The fraction of sp³-hybridized carbons (Fsp3) is 0.182. The van der Waals surface area contributed by atoms with Gasteiger partial charge in [-0.3, -0.25) is 4.98 Å². The second kappa shape index (κ2) is 3.87. The summed E-state index contributed by atoms with van der Waals surface area (Å²) in [6.07, 6.45) is 0. The van der Waals surface area contributed by atoms with E-state index in [0.29, 0.717) is 15.8 Å². The Labute approximate surface area is 97.8 Å². The van der Waals surface area contributed by atoms with E-state index in [0.717, 1.165) is 16.6 Å². The molecule has 1 aromatic carbocycles. The number of rotatable bonds is 1. The summed E-state index contributed by atoms with van der Waals surface area (Å²) in [6.45, 7) is 1.90. The highest BCUT2D eigenvalue weighted by Gasteiger charge is 2.07. The van der Waals surface area contributed by atoms with Crippen molar-refractivity contribution in [3.8, 4) is 5.75 Å². The maximum atomic E-state index is 6.09. The summed E-state index contributed by atoms with van der Waals surface area (Å²) in [7, 11) is 1.57. The van der Waals surface area contributed by atoms with Crippen molar-refractivity contribution in [3.05, 3.63) is 33.9 Å². The summed E-state index contributed by atoms with van der Waals surface area (Å²) >= 11 is 12.1. The van der Waals surface area contributed by atoms with Crippen LogP contribution in [0.15, 0.2) is 18.2 Å². The van der Waals surface area contributed by atoms with Gasteiger partial charge in [0.1, 0.15) is 5.75 Å². The molecule has 2 nitrogen and oxygen atoms in total. The lowest BCUT2D eigenvalue weighted by molar-refractivity contribution is 0.415. The Morgan fingerprint density at radius 3 is 2.53 bits per heavy atom. The molecule has 0 aliphatic carbocycles. The summed E-state index contributed by atoms with van der Waals surface area (Å²) in [5.74, 6) is 0.610. The molecule has 0 spiro atoms. The molecule has 4 heteroatoms. The van der Waals surface area contributed by atoms with Crippen molar-refractivity contribution in [3.63, 3.8) is 0 Å². The molecule has 0 radical (unpaired) electrons. The van der Waals surface area contributed by atoms with Gasteiger partial charge in [0.15, 0.2) is 0 Å². The molecule has 2 aromatic rings. The molecular weight excluding hydrogens is 233 g/mol. The molecule has 0 saturated heterocycles. The van der Waals surface area contributed by atoms with Crippen molar-refractivity contribution in [1.29, 1.82) is 0 Å². The van der Waals surface area contributed by atoms with E-state index < -0.39 is 0 Å². The van der Waals surface area contributed by atoms with E-state index in [1.54, 1.807) is 19.2 Å². The van der Waals surface area contributed by atoms with E-state index in [-0.39, 0.29) is 0 Å². The first-order valence-corrected chi connectivity index (χ1v) is 5.18. The third-order valence-corrected chi connectivity index (χ3v) is 2.77. The van der Waals surface area contributed by atoms with E-state index >= 15 is 0 Å². The third-order valence-electron chi connectivity index (χ3n) is 2.16. The first-order valence-electron chi connectivity index (χ1n) is 4.42. The van der Waals surface area contributed by atoms with Gasteiger partial charge < -0.3 is 4.74 Å². The molecule has 0 amide bonds. The van der Waals surface area contributed by atoms with Crippen LogP contribution in [0.3, 0.4) is 0 Å². The van der Waals surface area contributed by atoms with Crippen molar-refractivity contribution >= 4 is 34.1 Å². The smallest absolute Gasteiger partial charge is 0.139 e. The Balaban J connectivity index is 2.81. The van der Waals surface area contributed by atoms with Crippen LogP contribution in [0, 0.1) is 6.92 Å². The largest absolute Gasteiger partial charge is 0.495 e. The number of aromatic nitrogens is 1. The number of aryl methyl sites for hydroxylation is 1. The minimum atomic E-state index is 0.539. The molecule has 15 heavy (non-hydrogen) atoms. The van der Waals surface area contributed by atoms with Crippen LogP contribution in [0.4, 0.5) is 0 Å². The first kappa shape index (κ1) is 10.5. The normalized spacial score (nSPS) is 10.7. The number of methoxy groups -OCH3 is 1. The van der Waals surface area contributed by atoms with Gasteiger partial charge >= 0.3 is 0 Å². The molecule has 0 N–H and O–H groups in total. The average Bonchev–Trinajstić information content (AvgIpc) is 2.18. The third kappa shape index (κ3) is 1.87. The van der Waals surface area contributed by atoms with Crippen LogP contribution in [-0.2, 0) is 0 Å². The van der Waals surface area contributed by atoms with Crippen LogP contribution in [0.2, 0.25) is 10.0 Å². The molecule has 0 atom stereocenters. The Bertz CT molecular complexity index is 525. The van der Waals surface area contributed by atoms with Gasteiger partial charge in [0, 0.05) is 17.1 Å². The van der Waals surface area contributed by atoms with Gasteiger partial charge in [0.05, 0.1) is 22.7 Å². The number of hydrogen-bond donors (Lipinski definition) is 0. The zero-order chi connectivity index (χ0) is 11.0. The van der Waals surface area contributed by atoms with E-state index in [4.69, 9.17) is 27.9 Å². The van der Waals surface area contributed by atoms with Crippen LogP contribution in [0.1, 0.15) is 5.69 Å². The van der Waals surface area contributed by atoms with Gasteiger partial charge in [-0.05, 0) is 19.1 Å². The zero-order valence-corrected chi connectivity index (χ0v) is 9.86. The SMILES string of the molecule is COc1cc2nc(C)cc(Cl)c2cc1Cl. The number of benzene rings is 1. The maximum absolute atomic E-state index is 6.09. The number of fused-ring (bicyclic) bond motifs is 1. The second-order valence-electron chi connectivity index (χ2n) is 3.25. The molecule has 78 valence electrons. The Kier molecular flexibility index (Phi) is 2.72. The Morgan fingerprint density at radius 2 is 1.87 bits per heavy atom. The molecule has 1 heterocycles. The molecule has 2 rings (SSSR count). The Morgan fingerprint density at radius 1 is 1.13 bits per heavy atom. The van der Waals surface area contributed by atoms with Crippen LogP contribution < -0.4 is 4.74 Å². The molecule has 0 aliphatic heterocycles. The number of ether oxygens (including phenoxy) is 1. The average molecular weight is 242 g/mol. The van der Waals surface area contributed by atoms with E-state index in [2.05, 4.69) is 4.98 Å². The molecule has 0 saturated carbocycles. The highest BCUT2D eigenvalue weighted by molar-refractivity contribution is 6.37. The van der Waals surface area contributed by atoms with E-state index in [1.165, 1.54) is 0 Å². The zero-order valence-electron chi connectivity index (χ0n) is 8.34. The predicted molar refractivity (Wildman–Crippen MR) is 63.1 cm³/mol. The quantitative estimate of drug-likeness (QED) is 0.757. The van der Waals surface area contributed by atoms with Crippen LogP contribution in [-0.4, -0.2) is 12.1 Å². The van der Waals surface area contributed by atoms with Gasteiger partial charge in [-0.1, -0.05) is 23.2 Å². The number of pyridine rings is 1. The molecule has 0 unspecified atom stereocenters. The minimum Gasteiger partial charge on any atom is -0.495 e. The molecule has 0 bridgehead atoms. The summed E-state index contributed by atoms with van der Waals surface area (Å²) in [4.78, 5) is 4.36. The number of nitrogens with zero attached hydrogens (tertiary/aromatic N) is 1. The predicted octanol–water partition coefficient (Wildman–Crippen LogP) is 3.86. The number of halogens is 2. The van der Waals surface area contributed by atoms with Crippen LogP contribution >= 0.6 is 23.2 Å². The van der Waals surface area contributed by atoms with Gasteiger partial charge in [-0.25, -0.2) is 0 Å². The van der Waals surface area contributed by atoms with Crippen molar-refractivity contribution in [1.82, 2.24) is 4.98 Å². The first-order chi connectivity index (χ1) is 7.11. The van der Waals surface area contributed by atoms with Gasteiger partial charge in [-0.15, -0.1) is 0 Å². The summed E-state index contributed by atoms with van der Waals surface area (Å²) in [6, 6.07) is 5.37. The maximum Gasteiger partial charge on any atom is 0.139 e. The van der Waals surface area contributed by atoms with Gasteiger partial charge in [0.2, 0.25) is 0 Å². The summed E-state index contributed by atoms with van der Waals surface area (Å²) < 4.78 is 5.12. The van der Waals surface area contributed by atoms with Crippen molar-refractivity contribution in [2.75, 3.05) is 7.11 Å². The van der Waals surface area contributed by atoms with Crippen molar-refractivity contribution < 1.29 is 4.74 Å². The van der Waals surface area contributed by atoms with E-state index in [1.807, 2.05) is 13.0 Å². The Hall–Kier alpha value is -0.990. The lowest BCUT2D eigenvalue weighted by Crippen LogP contribution is -1.88. The van der Waals surface area contributed by atoms with Crippen molar-refractivity contribution in [2.24, 2.45) is 0 Å². The van der Waals surface area contributed by atoms with Crippen LogP contribution in [0.5, 0.6) is 5.75 Å². The fourth-order valence-corrected chi connectivity index (χ4v) is 2.02. The molecule has 0 fully saturated rings. The van der Waals surface area contributed by atoms with E-state index in [9.17, 15) is 0 Å². The van der Waals surface area contributed by atoms with Gasteiger partial charge in [-0.2, -0.15) is 0 Å². The number of hydrogen-bond acceptors (Lipinski definition) is 2. The molecule has 0 aliphatic rings. The summed E-state index contributed by atoms with van der Waals surface area (Å²) in [5.41, 5.74) is 1.66. The van der Waals surface area contributed by atoms with Crippen LogP contribution in [0.25, 0.3) is 10.9 Å². The monoisotopic (exact) mass is 241 g/mol. The minimum absolute atomic E-state index is 0.539. The van der Waals surface area contributed by atoms with Gasteiger partial charge in [0.25, 0.3) is 0 Å². The standard InChI is InChI=1S/C11H9Cl2NO/c1-6-3-8(12)7-4-9(13)11(15-2)5-10(7)14-6/h3-5H,1-2H3.